The smallest absolute Gasteiger partial charge is 0.263 e. The first-order valence-corrected chi connectivity index (χ1v) is 7.97. The molecule has 21 heavy (non-hydrogen) atoms. The van der Waals surface area contributed by atoms with Gasteiger partial charge in [-0.2, -0.15) is 0 Å². The van der Waals surface area contributed by atoms with E-state index < -0.39 is 6.10 Å². The second kappa shape index (κ2) is 6.24. The van der Waals surface area contributed by atoms with Gasteiger partial charge in [0.1, 0.15) is 5.75 Å². The highest BCUT2D eigenvalue weighted by molar-refractivity contribution is 6.32. The highest BCUT2D eigenvalue weighted by atomic mass is 35.5. The third kappa shape index (κ3) is 3.33. The summed E-state index contributed by atoms with van der Waals surface area (Å²) in [6, 6.07) is 8.27. The van der Waals surface area contributed by atoms with Crippen molar-refractivity contribution in [3.63, 3.8) is 0 Å². The zero-order valence-corrected chi connectivity index (χ0v) is 13.0. The Bertz CT molecular complexity index is 523. The van der Waals surface area contributed by atoms with Gasteiger partial charge < -0.3 is 15.0 Å². The Balaban J connectivity index is 1.63. The van der Waals surface area contributed by atoms with Crippen molar-refractivity contribution in [1.82, 2.24) is 10.2 Å². The molecule has 3 rings (SSSR count). The molecular weight excluding hydrogens is 288 g/mol. The molecule has 0 spiro atoms. The number of carbonyl (C=O) groups excluding carboxylic acids is 1. The number of carbonyl (C=O) groups is 1. The van der Waals surface area contributed by atoms with Crippen molar-refractivity contribution in [3.8, 4) is 5.75 Å². The van der Waals surface area contributed by atoms with E-state index in [1.54, 1.807) is 19.1 Å². The number of nitrogens with zero attached hydrogens (tertiary/aromatic N) is 1. The summed E-state index contributed by atoms with van der Waals surface area (Å²) < 4.78 is 5.74. The maximum atomic E-state index is 12.6. The summed E-state index contributed by atoms with van der Waals surface area (Å²) in [5, 5.41) is 4.12. The first kappa shape index (κ1) is 14.7. The maximum Gasteiger partial charge on any atom is 0.263 e. The molecule has 0 saturated carbocycles. The topological polar surface area (TPSA) is 41.6 Å². The Morgan fingerprint density at radius 2 is 2.10 bits per heavy atom. The van der Waals surface area contributed by atoms with Crippen LogP contribution in [0.4, 0.5) is 0 Å². The Morgan fingerprint density at radius 3 is 2.90 bits per heavy atom. The Hall–Kier alpha value is -1.26. The zero-order chi connectivity index (χ0) is 14.8. The number of nitrogens with one attached hydrogen (secondary N) is 1. The quantitative estimate of drug-likeness (QED) is 0.932. The van der Waals surface area contributed by atoms with Crippen molar-refractivity contribution in [3.05, 3.63) is 29.3 Å². The van der Waals surface area contributed by atoms with Gasteiger partial charge in [0.05, 0.1) is 5.02 Å². The predicted octanol–water partition coefficient (Wildman–Crippen LogP) is 2.46. The highest BCUT2D eigenvalue weighted by Gasteiger charge is 2.33. The van der Waals surface area contributed by atoms with Crippen LogP contribution in [0.3, 0.4) is 0 Å². The van der Waals surface area contributed by atoms with Gasteiger partial charge in [-0.05, 0) is 38.3 Å². The molecule has 1 amide bonds. The van der Waals surface area contributed by atoms with Gasteiger partial charge in [-0.15, -0.1) is 0 Å². The number of ether oxygens (including phenoxy) is 1. The van der Waals surface area contributed by atoms with Crippen LogP contribution < -0.4 is 10.1 Å². The van der Waals surface area contributed by atoms with Gasteiger partial charge in [0.2, 0.25) is 0 Å². The van der Waals surface area contributed by atoms with Crippen LogP contribution in [0.5, 0.6) is 5.75 Å². The molecule has 1 aromatic rings. The summed E-state index contributed by atoms with van der Waals surface area (Å²) in [5.41, 5.74) is 0. The van der Waals surface area contributed by atoms with Crippen LogP contribution in [-0.2, 0) is 4.79 Å². The lowest BCUT2D eigenvalue weighted by Crippen LogP contribution is -2.44. The fraction of sp³-hybridized carbons (Fsp3) is 0.562. The van der Waals surface area contributed by atoms with Crippen LogP contribution >= 0.6 is 11.6 Å². The molecule has 5 heteroatoms. The molecular formula is C16H21ClN2O2. The molecule has 1 aromatic carbocycles. The summed E-state index contributed by atoms with van der Waals surface area (Å²) in [4.78, 5) is 14.5. The Morgan fingerprint density at radius 1 is 1.33 bits per heavy atom. The minimum absolute atomic E-state index is 0.0456. The maximum absolute atomic E-state index is 12.6. The van der Waals surface area contributed by atoms with E-state index >= 15 is 0 Å². The second-order valence-electron chi connectivity index (χ2n) is 5.90. The van der Waals surface area contributed by atoms with Gasteiger partial charge in [-0.25, -0.2) is 0 Å². The van der Waals surface area contributed by atoms with Gasteiger partial charge in [-0.3, -0.25) is 4.79 Å². The van der Waals surface area contributed by atoms with Crippen LogP contribution in [-0.4, -0.2) is 42.1 Å². The number of likely N-dealkylation sites (tertiary alicyclic amines) is 1. The van der Waals surface area contributed by atoms with E-state index in [0.29, 0.717) is 22.9 Å². The number of benzene rings is 1. The average Bonchev–Trinajstić information content (AvgIpc) is 2.80. The summed E-state index contributed by atoms with van der Waals surface area (Å²) in [7, 11) is 0. The lowest BCUT2D eigenvalue weighted by atomic mass is 10.1. The number of hydrogen-bond acceptors (Lipinski definition) is 3. The van der Waals surface area contributed by atoms with Crippen molar-refractivity contribution in [1.29, 1.82) is 0 Å². The van der Waals surface area contributed by atoms with E-state index in [4.69, 9.17) is 16.3 Å². The SMILES string of the molecule is CC(Oc1ccccc1Cl)C(=O)N1CCC2CCC(C1)N2. The van der Waals surface area contributed by atoms with Gasteiger partial charge in [-0.1, -0.05) is 23.7 Å². The predicted molar refractivity (Wildman–Crippen MR) is 82.7 cm³/mol. The summed E-state index contributed by atoms with van der Waals surface area (Å²) in [5.74, 6) is 0.610. The fourth-order valence-electron chi connectivity index (χ4n) is 3.18. The van der Waals surface area contributed by atoms with E-state index in [2.05, 4.69) is 5.32 Å². The van der Waals surface area contributed by atoms with E-state index in [1.807, 2.05) is 17.0 Å². The van der Waals surface area contributed by atoms with Crippen LogP contribution in [0.2, 0.25) is 5.02 Å². The molecule has 114 valence electrons. The number of amides is 1. The number of hydrogen-bond donors (Lipinski definition) is 1. The Kier molecular flexibility index (Phi) is 4.36. The molecule has 2 aliphatic rings. The Labute approximate surface area is 130 Å². The molecule has 2 heterocycles. The van der Waals surface area contributed by atoms with Crippen molar-refractivity contribution < 1.29 is 9.53 Å². The molecule has 0 radical (unpaired) electrons. The molecule has 2 fully saturated rings. The van der Waals surface area contributed by atoms with Gasteiger partial charge in [0, 0.05) is 25.2 Å². The molecule has 3 unspecified atom stereocenters. The first-order chi connectivity index (χ1) is 10.1. The van der Waals surface area contributed by atoms with E-state index in [-0.39, 0.29) is 5.91 Å². The number of rotatable bonds is 3. The fourth-order valence-corrected chi connectivity index (χ4v) is 3.36. The average molecular weight is 309 g/mol. The normalized spacial score (nSPS) is 26.3. The van der Waals surface area contributed by atoms with Crippen LogP contribution in [0.25, 0.3) is 0 Å². The molecule has 3 atom stereocenters. The van der Waals surface area contributed by atoms with E-state index in [1.165, 1.54) is 6.42 Å². The molecule has 2 aliphatic heterocycles. The van der Waals surface area contributed by atoms with E-state index in [0.717, 1.165) is 25.9 Å². The zero-order valence-electron chi connectivity index (χ0n) is 12.2. The molecule has 0 aliphatic carbocycles. The van der Waals surface area contributed by atoms with Crippen molar-refractivity contribution in [2.75, 3.05) is 13.1 Å². The van der Waals surface area contributed by atoms with Crippen molar-refractivity contribution in [2.45, 2.75) is 44.4 Å². The van der Waals surface area contributed by atoms with Crippen LogP contribution in [0.15, 0.2) is 24.3 Å². The van der Waals surface area contributed by atoms with Crippen molar-refractivity contribution in [2.24, 2.45) is 0 Å². The monoisotopic (exact) mass is 308 g/mol. The number of halogens is 1. The third-order valence-electron chi connectivity index (χ3n) is 4.32. The molecule has 1 N–H and O–H groups in total. The van der Waals surface area contributed by atoms with Gasteiger partial charge in [0.15, 0.2) is 6.10 Å². The minimum Gasteiger partial charge on any atom is -0.479 e. The standard InChI is InChI=1S/C16H21ClN2O2/c1-11(21-15-5-3-2-4-14(15)17)16(20)19-9-8-12-6-7-13(10-19)18-12/h2-5,11-13,18H,6-10H2,1H3. The molecule has 0 aromatic heterocycles. The highest BCUT2D eigenvalue weighted by Crippen LogP contribution is 2.25. The van der Waals surface area contributed by atoms with Crippen molar-refractivity contribution >= 4 is 17.5 Å². The van der Waals surface area contributed by atoms with Crippen LogP contribution in [0, 0.1) is 0 Å². The molecule has 4 nitrogen and oxygen atoms in total. The summed E-state index contributed by atoms with van der Waals surface area (Å²) in [6.45, 7) is 3.39. The summed E-state index contributed by atoms with van der Waals surface area (Å²) in [6.07, 6.45) is 2.91. The lowest BCUT2D eigenvalue weighted by Gasteiger charge is -2.27. The third-order valence-corrected chi connectivity index (χ3v) is 4.64. The first-order valence-electron chi connectivity index (χ1n) is 7.59. The van der Waals surface area contributed by atoms with E-state index in [9.17, 15) is 4.79 Å². The van der Waals surface area contributed by atoms with Crippen LogP contribution in [0.1, 0.15) is 26.2 Å². The summed E-state index contributed by atoms with van der Waals surface area (Å²) >= 11 is 6.08. The number of para-hydroxylation sites is 1. The lowest BCUT2D eigenvalue weighted by molar-refractivity contribution is -0.138. The molecule has 2 saturated heterocycles. The van der Waals surface area contributed by atoms with Gasteiger partial charge in [0.25, 0.3) is 5.91 Å². The largest absolute Gasteiger partial charge is 0.479 e. The number of fused-ring (bicyclic) bond motifs is 2. The second-order valence-corrected chi connectivity index (χ2v) is 6.31. The van der Waals surface area contributed by atoms with Gasteiger partial charge >= 0.3 is 0 Å². The minimum atomic E-state index is -0.512. The molecule has 2 bridgehead atoms.